The molecule has 0 bridgehead atoms. The molecule has 5 heteroatoms. The molecule has 1 aliphatic heterocycles. The first kappa shape index (κ1) is 13.5. The number of carbonyl (C=O) groups excluding carboxylic acids is 1. The van der Waals surface area contributed by atoms with Crippen LogP contribution >= 0.6 is 12.2 Å². The topological polar surface area (TPSA) is 44.4 Å². The highest BCUT2D eigenvalue weighted by molar-refractivity contribution is 7.80. The molecule has 2 N–H and O–H groups in total. The van der Waals surface area contributed by atoms with Crippen LogP contribution in [0.25, 0.3) is 6.08 Å². The van der Waals surface area contributed by atoms with Crippen molar-refractivity contribution in [3.63, 3.8) is 0 Å². The molecular weight excluding hydrogens is 258 g/mol. The zero-order valence-corrected chi connectivity index (χ0v) is 11.9. The van der Waals surface area contributed by atoms with Gasteiger partial charge in [-0.2, -0.15) is 0 Å². The Balaban J connectivity index is 2.17. The normalized spacial score (nSPS) is 16.4. The van der Waals surface area contributed by atoms with Crippen molar-refractivity contribution in [2.75, 3.05) is 18.0 Å². The highest BCUT2D eigenvalue weighted by Crippen LogP contribution is 2.16. The van der Waals surface area contributed by atoms with E-state index in [9.17, 15) is 4.79 Å². The summed E-state index contributed by atoms with van der Waals surface area (Å²) < 4.78 is 0. The van der Waals surface area contributed by atoms with E-state index in [1.165, 1.54) is 5.69 Å². The summed E-state index contributed by atoms with van der Waals surface area (Å²) in [7, 11) is 0. The summed E-state index contributed by atoms with van der Waals surface area (Å²) in [5.41, 5.74) is 2.64. The van der Waals surface area contributed by atoms with Gasteiger partial charge in [0.1, 0.15) is 5.70 Å². The number of nitrogens with zero attached hydrogens (tertiary/aromatic N) is 1. The molecule has 0 aliphatic carbocycles. The van der Waals surface area contributed by atoms with Crippen LogP contribution in [-0.2, 0) is 4.79 Å². The van der Waals surface area contributed by atoms with Crippen LogP contribution in [-0.4, -0.2) is 24.1 Å². The standard InChI is InChI=1S/C14H17N3OS/c1-3-17(4-2)11-7-5-10(6-8-11)9-12-13(18)16-14(19)15-12/h5-9H,3-4H2,1-2H3,(H2,15,16,18,19). The predicted octanol–water partition coefficient (Wildman–Crippen LogP) is 1.88. The number of anilines is 1. The summed E-state index contributed by atoms with van der Waals surface area (Å²) in [6.07, 6.45) is 1.79. The minimum atomic E-state index is -0.183. The van der Waals surface area contributed by atoms with Gasteiger partial charge in [0.25, 0.3) is 5.91 Å². The van der Waals surface area contributed by atoms with Gasteiger partial charge in [0.2, 0.25) is 0 Å². The number of nitrogens with one attached hydrogen (secondary N) is 2. The number of carbonyl (C=O) groups is 1. The Morgan fingerprint density at radius 1 is 1.16 bits per heavy atom. The number of thiocarbonyl (C=S) groups is 1. The molecule has 1 aliphatic rings. The first-order valence-corrected chi connectivity index (χ1v) is 6.74. The fourth-order valence-corrected chi connectivity index (χ4v) is 2.22. The van der Waals surface area contributed by atoms with Gasteiger partial charge in [-0.15, -0.1) is 0 Å². The van der Waals surface area contributed by atoms with E-state index in [0.29, 0.717) is 10.8 Å². The molecule has 1 heterocycles. The van der Waals surface area contributed by atoms with Crippen LogP contribution in [0, 0.1) is 0 Å². The van der Waals surface area contributed by atoms with Crippen molar-refractivity contribution >= 4 is 35.0 Å². The number of benzene rings is 1. The lowest BCUT2D eigenvalue weighted by molar-refractivity contribution is -0.115. The smallest absolute Gasteiger partial charge is 0.273 e. The van der Waals surface area contributed by atoms with Crippen molar-refractivity contribution in [2.45, 2.75) is 13.8 Å². The summed E-state index contributed by atoms with van der Waals surface area (Å²) in [6, 6.07) is 8.11. The van der Waals surface area contributed by atoms with Gasteiger partial charge in [-0.3, -0.25) is 10.1 Å². The van der Waals surface area contributed by atoms with Gasteiger partial charge in [0, 0.05) is 18.8 Å². The van der Waals surface area contributed by atoms with E-state index < -0.39 is 0 Å². The number of hydrogen-bond donors (Lipinski definition) is 2. The number of hydrogen-bond acceptors (Lipinski definition) is 3. The minimum Gasteiger partial charge on any atom is -0.372 e. The molecule has 0 atom stereocenters. The van der Waals surface area contributed by atoms with E-state index in [-0.39, 0.29) is 5.91 Å². The molecule has 100 valence electrons. The van der Waals surface area contributed by atoms with E-state index in [1.807, 2.05) is 12.1 Å². The molecule has 0 aromatic heterocycles. The Bertz CT molecular complexity index is 518. The zero-order valence-electron chi connectivity index (χ0n) is 11.1. The Morgan fingerprint density at radius 2 is 1.79 bits per heavy atom. The van der Waals surface area contributed by atoms with Crippen LogP contribution in [0.1, 0.15) is 19.4 Å². The minimum absolute atomic E-state index is 0.183. The van der Waals surface area contributed by atoms with Gasteiger partial charge < -0.3 is 10.2 Å². The molecule has 1 aromatic carbocycles. The predicted molar refractivity (Wildman–Crippen MR) is 81.9 cm³/mol. The van der Waals surface area contributed by atoms with Gasteiger partial charge in [0.05, 0.1) is 0 Å². The summed E-state index contributed by atoms with van der Waals surface area (Å²) in [5.74, 6) is -0.183. The highest BCUT2D eigenvalue weighted by atomic mass is 32.1. The molecular formula is C14H17N3OS. The molecule has 1 fully saturated rings. The van der Waals surface area contributed by atoms with Crippen LogP contribution in [0.15, 0.2) is 30.0 Å². The Labute approximate surface area is 118 Å². The van der Waals surface area contributed by atoms with Crippen LogP contribution in [0.3, 0.4) is 0 Å². The van der Waals surface area contributed by atoms with Crippen LogP contribution < -0.4 is 15.5 Å². The van der Waals surface area contributed by atoms with Crippen molar-refractivity contribution in [1.29, 1.82) is 0 Å². The van der Waals surface area contributed by atoms with Crippen molar-refractivity contribution in [1.82, 2.24) is 10.6 Å². The first-order chi connectivity index (χ1) is 9.13. The molecule has 0 unspecified atom stereocenters. The molecule has 19 heavy (non-hydrogen) atoms. The molecule has 4 nitrogen and oxygen atoms in total. The van der Waals surface area contributed by atoms with E-state index >= 15 is 0 Å². The largest absolute Gasteiger partial charge is 0.372 e. The SMILES string of the molecule is CCN(CC)c1ccc(C=C2NC(=S)NC2=O)cc1. The van der Waals surface area contributed by atoms with Crippen molar-refractivity contribution < 1.29 is 4.79 Å². The molecule has 0 radical (unpaired) electrons. The third-order valence-electron chi connectivity index (χ3n) is 3.05. The van der Waals surface area contributed by atoms with E-state index in [4.69, 9.17) is 12.2 Å². The van der Waals surface area contributed by atoms with Crippen molar-refractivity contribution in [3.05, 3.63) is 35.5 Å². The lowest BCUT2D eigenvalue weighted by atomic mass is 10.1. The second-order valence-corrected chi connectivity index (χ2v) is 4.64. The molecule has 0 saturated carbocycles. The van der Waals surface area contributed by atoms with Crippen molar-refractivity contribution in [2.24, 2.45) is 0 Å². The summed E-state index contributed by atoms with van der Waals surface area (Å²) in [5, 5.41) is 5.73. The fourth-order valence-electron chi connectivity index (χ4n) is 2.02. The maximum atomic E-state index is 11.5. The lowest BCUT2D eigenvalue weighted by Gasteiger charge is -2.20. The van der Waals surface area contributed by atoms with E-state index in [2.05, 4.69) is 41.5 Å². The van der Waals surface area contributed by atoms with Crippen LogP contribution in [0.2, 0.25) is 0 Å². The summed E-state index contributed by atoms with van der Waals surface area (Å²) >= 11 is 4.89. The number of rotatable bonds is 4. The molecule has 0 spiro atoms. The zero-order chi connectivity index (χ0) is 13.8. The van der Waals surface area contributed by atoms with Gasteiger partial charge in [0.15, 0.2) is 5.11 Å². The van der Waals surface area contributed by atoms with Crippen LogP contribution in [0.4, 0.5) is 5.69 Å². The van der Waals surface area contributed by atoms with E-state index in [1.54, 1.807) is 6.08 Å². The van der Waals surface area contributed by atoms with E-state index in [0.717, 1.165) is 18.7 Å². The third-order valence-corrected chi connectivity index (χ3v) is 3.26. The molecule has 2 rings (SSSR count). The second kappa shape index (κ2) is 5.84. The van der Waals surface area contributed by atoms with Gasteiger partial charge >= 0.3 is 0 Å². The maximum absolute atomic E-state index is 11.5. The molecule has 1 aromatic rings. The Kier molecular flexibility index (Phi) is 4.16. The van der Waals surface area contributed by atoms with Crippen molar-refractivity contribution in [3.8, 4) is 0 Å². The lowest BCUT2D eigenvalue weighted by Crippen LogP contribution is -2.21. The van der Waals surface area contributed by atoms with Crippen LogP contribution in [0.5, 0.6) is 0 Å². The highest BCUT2D eigenvalue weighted by Gasteiger charge is 2.19. The summed E-state index contributed by atoms with van der Waals surface area (Å²) in [4.78, 5) is 13.8. The average molecular weight is 275 g/mol. The summed E-state index contributed by atoms with van der Waals surface area (Å²) in [6.45, 7) is 6.23. The molecule has 1 saturated heterocycles. The monoisotopic (exact) mass is 275 g/mol. The maximum Gasteiger partial charge on any atom is 0.273 e. The Morgan fingerprint density at radius 3 is 2.26 bits per heavy atom. The first-order valence-electron chi connectivity index (χ1n) is 6.33. The third kappa shape index (κ3) is 3.12. The second-order valence-electron chi connectivity index (χ2n) is 4.23. The average Bonchev–Trinajstić information content (AvgIpc) is 2.71. The number of amides is 1. The van der Waals surface area contributed by atoms with Gasteiger partial charge in [-0.25, -0.2) is 0 Å². The molecule has 1 amide bonds. The van der Waals surface area contributed by atoms with Gasteiger partial charge in [-0.1, -0.05) is 12.1 Å². The fraction of sp³-hybridized carbons (Fsp3) is 0.286. The Hall–Kier alpha value is -1.88. The quantitative estimate of drug-likeness (QED) is 0.650. The van der Waals surface area contributed by atoms with Gasteiger partial charge in [-0.05, 0) is 49.8 Å².